The van der Waals surface area contributed by atoms with Crippen LogP contribution in [0.2, 0.25) is 0 Å². The average molecular weight is 281 g/mol. The molecule has 1 N–H and O–H groups in total. The second kappa shape index (κ2) is 7.21. The number of hydrogen-bond donors (Lipinski definition) is 1. The second-order valence-corrected chi connectivity index (χ2v) is 6.86. The number of ether oxygens (including phenoxy) is 1. The van der Waals surface area contributed by atoms with Gasteiger partial charge in [-0.2, -0.15) is 0 Å². The van der Waals surface area contributed by atoms with Gasteiger partial charge >= 0.3 is 0 Å². The molecule has 3 aliphatic heterocycles. The highest BCUT2D eigenvalue weighted by atomic mass is 16.5. The van der Waals surface area contributed by atoms with Gasteiger partial charge in [0, 0.05) is 25.7 Å². The minimum atomic E-state index is 0.375. The summed E-state index contributed by atoms with van der Waals surface area (Å²) in [6, 6.07) is 0.857. The summed E-state index contributed by atoms with van der Waals surface area (Å²) in [4.78, 5) is 5.37. The first-order valence-corrected chi connectivity index (χ1v) is 8.64. The number of piperidine rings is 2. The van der Waals surface area contributed by atoms with Gasteiger partial charge in [0.25, 0.3) is 0 Å². The van der Waals surface area contributed by atoms with Gasteiger partial charge in [0.15, 0.2) is 0 Å². The lowest BCUT2D eigenvalue weighted by Crippen LogP contribution is -2.52. The minimum Gasteiger partial charge on any atom is -0.371 e. The quantitative estimate of drug-likeness (QED) is 0.844. The van der Waals surface area contributed by atoms with Crippen LogP contribution in [0.4, 0.5) is 0 Å². The first-order chi connectivity index (χ1) is 9.81. The van der Waals surface area contributed by atoms with Gasteiger partial charge in [0.05, 0.1) is 12.2 Å². The van der Waals surface area contributed by atoms with Crippen LogP contribution in [0.3, 0.4) is 0 Å². The lowest BCUT2D eigenvalue weighted by Gasteiger charge is -2.41. The zero-order valence-corrected chi connectivity index (χ0v) is 13.0. The molecule has 0 unspecified atom stereocenters. The van der Waals surface area contributed by atoms with Crippen molar-refractivity contribution in [2.75, 3.05) is 45.8 Å². The highest BCUT2D eigenvalue weighted by Gasteiger charge is 2.28. The highest BCUT2D eigenvalue weighted by Crippen LogP contribution is 2.21. The Balaban J connectivity index is 1.39. The lowest BCUT2D eigenvalue weighted by atomic mass is 9.99. The number of nitrogens with one attached hydrogen (secondary N) is 1. The van der Waals surface area contributed by atoms with E-state index in [1.54, 1.807) is 0 Å². The summed E-state index contributed by atoms with van der Waals surface area (Å²) >= 11 is 0. The number of nitrogens with zero attached hydrogens (tertiary/aromatic N) is 2. The van der Waals surface area contributed by atoms with Crippen molar-refractivity contribution in [1.29, 1.82) is 0 Å². The van der Waals surface area contributed by atoms with Crippen LogP contribution in [0.25, 0.3) is 0 Å². The fourth-order valence-corrected chi connectivity index (χ4v) is 4.02. The van der Waals surface area contributed by atoms with E-state index in [4.69, 9.17) is 4.74 Å². The maximum atomic E-state index is 6.02. The molecule has 0 saturated carbocycles. The SMILES string of the molecule is C[C@@H]1CNC[C@@H](CN2CCC(N3CCCCC3)CC2)O1. The standard InChI is InChI=1S/C16H31N3O/c1-14-11-17-12-16(20-14)13-18-9-5-15(6-10-18)19-7-3-2-4-8-19/h14-17H,2-13H2,1H3/t14-,16+/m1/s1. The van der Waals surface area contributed by atoms with Crippen LogP contribution in [0, 0.1) is 0 Å². The normalized spacial score (nSPS) is 35.2. The molecule has 4 nitrogen and oxygen atoms in total. The Bertz CT molecular complexity index is 285. The molecule has 3 rings (SSSR count). The maximum absolute atomic E-state index is 6.02. The Hall–Kier alpha value is -0.160. The Labute approximate surface area is 123 Å². The summed E-state index contributed by atoms with van der Waals surface area (Å²) in [6.07, 6.45) is 7.76. The number of likely N-dealkylation sites (tertiary alicyclic amines) is 2. The number of hydrogen-bond acceptors (Lipinski definition) is 4. The van der Waals surface area contributed by atoms with Crippen LogP contribution in [0.15, 0.2) is 0 Å². The fraction of sp³-hybridized carbons (Fsp3) is 1.00. The molecule has 0 aromatic rings. The molecule has 20 heavy (non-hydrogen) atoms. The van der Waals surface area contributed by atoms with Gasteiger partial charge in [-0.05, 0) is 58.8 Å². The molecule has 3 heterocycles. The van der Waals surface area contributed by atoms with Gasteiger partial charge in [0.2, 0.25) is 0 Å². The molecule has 3 fully saturated rings. The van der Waals surface area contributed by atoms with Crippen molar-refractivity contribution in [1.82, 2.24) is 15.1 Å². The van der Waals surface area contributed by atoms with E-state index < -0.39 is 0 Å². The van der Waals surface area contributed by atoms with Gasteiger partial charge in [-0.1, -0.05) is 6.42 Å². The third-order valence-corrected chi connectivity index (χ3v) is 5.15. The van der Waals surface area contributed by atoms with Crippen LogP contribution in [0.1, 0.15) is 39.0 Å². The van der Waals surface area contributed by atoms with Crippen LogP contribution in [-0.2, 0) is 4.74 Å². The summed E-state index contributed by atoms with van der Waals surface area (Å²) in [5, 5.41) is 3.47. The van der Waals surface area contributed by atoms with E-state index in [0.717, 1.165) is 25.7 Å². The molecule has 0 aromatic carbocycles. The fourth-order valence-electron chi connectivity index (χ4n) is 4.02. The van der Waals surface area contributed by atoms with E-state index in [-0.39, 0.29) is 0 Å². The largest absolute Gasteiger partial charge is 0.371 e. The third-order valence-electron chi connectivity index (χ3n) is 5.15. The third kappa shape index (κ3) is 3.94. The predicted molar refractivity (Wildman–Crippen MR) is 82.1 cm³/mol. The summed E-state index contributed by atoms with van der Waals surface area (Å²) < 4.78 is 6.02. The molecular formula is C16H31N3O. The molecule has 0 bridgehead atoms. The van der Waals surface area contributed by atoms with Crippen molar-refractivity contribution in [3.63, 3.8) is 0 Å². The van der Waals surface area contributed by atoms with Gasteiger partial charge in [-0.25, -0.2) is 0 Å². The van der Waals surface area contributed by atoms with E-state index in [2.05, 4.69) is 22.0 Å². The van der Waals surface area contributed by atoms with E-state index in [1.807, 2.05) is 0 Å². The first-order valence-electron chi connectivity index (χ1n) is 8.64. The van der Waals surface area contributed by atoms with Crippen molar-refractivity contribution in [3.8, 4) is 0 Å². The zero-order chi connectivity index (χ0) is 13.8. The summed E-state index contributed by atoms with van der Waals surface area (Å²) in [5.41, 5.74) is 0. The van der Waals surface area contributed by atoms with Gasteiger partial charge in [0.1, 0.15) is 0 Å². The van der Waals surface area contributed by atoms with Crippen LogP contribution < -0.4 is 5.32 Å². The predicted octanol–water partition coefficient (Wildman–Crippen LogP) is 1.31. The summed E-state index contributed by atoms with van der Waals surface area (Å²) in [5.74, 6) is 0. The molecule has 0 amide bonds. The molecule has 4 heteroatoms. The smallest absolute Gasteiger partial charge is 0.0830 e. The van der Waals surface area contributed by atoms with Crippen molar-refractivity contribution in [2.45, 2.75) is 57.3 Å². The Morgan fingerprint density at radius 3 is 2.45 bits per heavy atom. The van der Waals surface area contributed by atoms with Crippen molar-refractivity contribution in [2.24, 2.45) is 0 Å². The Kier molecular flexibility index (Phi) is 5.32. The molecule has 116 valence electrons. The first kappa shape index (κ1) is 14.8. The van der Waals surface area contributed by atoms with Crippen LogP contribution in [-0.4, -0.2) is 73.9 Å². The van der Waals surface area contributed by atoms with E-state index in [9.17, 15) is 0 Å². The van der Waals surface area contributed by atoms with E-state index >= 15 is 0 Å². The molecule has 0 aliphatic carbocycles. The summed E-state index contributed by atoms with van der Waals surface area (Å²) in [6.45, 7) is 10.5. The molecule has 0 radical (unpaired) electrons. The van der Waals surface area contributed by atoms with Gasteiger partial charge < -0.3 is 19.9 Å². The van der Waals surface area contributed by atoms with E-state index in [1.165, 1.54) is 58.3 Å². The van der Waals surface area contributed by atoms with Crippen LogP contribution in [0.5, 0.6) is 0 Å². The molecular weight excluding hydrogens is 250 g/mol. The molecule has 3 aliphatic rings. The Morgan fingerprint density at radius 2 is 1.75 bits per heavy atom. The number of morpholine rings is 1. The maximum Gasteiger partial charge on any atom is 0.0830 e. The monoisotopic (exact) mass is 281 g/mol. The molecule has 0 aromatic heterocycles. The van der Waals surface area contributed by atoms with Gasteiger partial charge in [-0.15, -0.1) is 0 Å². The second-order valence-electron chi connectivity index (χ2n) is 6.86. The van der Waals surface area contributed by atoms with Crippen molar-refractivity contribution in [3.05, 3.63) is 0 Å². The Morgan fingerprint density at radius 1 is 1.00 bits per heavy atom. The topological polar surface area (TPSA) is 27.7 Å². The van der Waals surface area contributed by atoms with Crippen molar-refractivity contribution >= 4 is 0 Å². The lowest BCUT2D eigenvalue weighted by molar-refractivity contribution is -0.0474. The molecule has 3 saturated heterocycles. The zero-order valence-electron chi connectivity index (χ0n) is 13.0. The van der Waals surface area contributed by atoms with E-state index in [0.29, 0.717) is 12.2 Å². The van der Waals surface area contributed by atoms with Crippen LogP contribution >= 0.6 is 0 Å². The minimum absolute atomic E-state index is 0.375. The molecule has 2 atom stereocenters. The number of rotatable bonds is 3. The van der Waals surface area contributed by atoms with Crippen molar-refractivity contribution < 1.29 is 4.74 Å². The highest BCUT2D eigenvalue weighted by molar-refractivity contribution is 4.83. The van der Waals surface area contributed by atoms with Gasteiger partial charge in [-0.3, -0.25) is 0 Å². The molecule has 0 spiro atoms. The summed E-state index contributed by atoms with van der Waals surface area (Å²) in [7, 11) is 0. The average Bonchev–Trinajstić information content (AvgIpc) is 2.49.